The highest BCUT2D eigenvalue weighted by Crippen LogP contribution is 2.34. The molecule has 33 heavy (non-hydrogen) atoms. The molecule has 5 rings (SSSR count). The number of aryl methyl sites for hydroxylation is 1. The standard InChI is InChI=1S/C22H24N8OS.ClH/c1-13-10-25-22(32-13)15(3)31-19-8-16(12-29-21(19)17(9-23)11-26-29)20-14(2)30(28-27-20)18-4-6-24-7-5-18;/h8,10-12,15,18,24H,4-7H2,1-3H3;1H. The summed E-state index contributed by atoms with van der Waals surface area (Å²) in [6.07, 6.45) is 7.08. The van der Waals surface area contributed by atoms with Crippen molar-refractivity contribution in [3.63, 3.8) is 0 Å². The second-order valence-corrected chi connectivity index (χ2v) is 9.34. The normalized spacial score (nSPS) is 15.2. The number of nitrogens with zero attached hydrogens (tertiary/aromatic N) is 7. The van der Waals surface area contributed by atoms with Gasteiger partial charge in [0.25, 0.3) is 0 Å². The Bertz CT molecular complexity index is 1310. The smallest absolute Gasteiger partial charge is 0.148 e. The van der Waals surface area contributed by atoms with Gasteiger partial charge in [0.1, 0.15) is 39.7 Å². The van der Waals surface area contributed by atoms with Gasteiger partial charge in [-0.1, -0.05) is 5.21 Å². The van der Waals surface area contributed by atoms with Gasteiger partial charge in [-0.3, -0.25) is 0 Å². The molecule has 11 heteroatoms. The molecule has 1 fully saturated rings. The van der Waals surface area contributed by atoms with Crippen molar-refractivity contribution in [2.75, 3.05) is 13.1 Å². The van der Waals surface area contributed by atoms with E-state index in [4.69, 9.17) is 4.74 Å². The summed E-state index contributed by atoms with van der Waals surface area (Å²) >= 11 is 1.60. The Morgan fingerprint density at radius 2 is 2.06 bits per heavy atom. The molecule has 0 spiro atoms. The van der Waals surface area contributed by atoms with E-state index in [1.54, 1.807) is 22.0 Å². The van der Waals surface area contributed by atoms with Crippen LogP contribution in [0.25, 0.3) is 16.8 Å². The summed E-state index contributed by atoms with van der Waals surface area (Å²) in [6, 6.07) is 4.49. The molecule has 9 nitrogen and oxygen atoms in total. The molecule has 172 valence electrons. The Kier molecular flexibility index (Phi) is 6.65. The first kappa shape index (κ1) is 23.2. The van der Waals surface area contributed by atoms with Gasteiger partial charge in [-0.2, -0.15) is 10.4 Å². The van der Waals surface area contributed by atoms with Gasteiger partial charge in [-0.05, 0) is 52.8 Å². The summed E-state index contributed by atoms with van der Waals surface area (Å²) in [7, 11) is 0. The summed E-state index contributed by atoms with van der Waals surface area (Å²) < 4.78 is 10.0. The number of fused-ring (bicyclic) bond motifs is 1. The van der Waals surface area contributed by atoms with Crippen molar-refractivity contribution >= 4 is 29.3 Å². The molecule has 1 N–H and O–H groups in total. The molecule has 4 aromatic heterocycles. The van der Waals surface area contributed by atoms with Crippen LogP contribution in [0.5, 0.6) is 5.75 Å². The first-order chi connectivity index (χ1) is 15.5. The van der Waals surface area contributed by atoms with Crippen molar-refractivity contribution in [3.8, 4) is 23.1 Å². The van der Waals surface area contributed by atoms with Crippen molar-refractivity contribution < 1.29 is 4.74 Å². The van der Waals surface area contributed by atoms with Crippen LogP contribution in [0, 0.1) is 25.2 Å². The average molecular weight is 485 g/mol. The van der Waals surface area contributed by atoms with Gasteiger partial charge in [0, 0.05) is 22.8 Å². The second kappa shape index (κ2) is 9.47. The third-order valence-electron chi connectivity index (χ3n) is 5.84. The van der Waals surface area contributed by atoms with E-state index in [9.17, 15) is 5.26 Å². The summed E-state index contributed by atoms with van der Waals surface area (Å²) in [6.45, 7) is 8.00. The molecule has 1 saturated heterocycles. The molecule has 4 aromatic rings. The van der Waals surface area contributed by atoms with Gasteiger partial charge in [-0.25, -0.2) is 14.2 Å². The van der Waals surface area contributed by atoms with E-state index in [2.05, 4.69) is 31.8 Å². The van der Waals surface area contributed by atoms with Gasteiger partial charge in [0.15, 0.2) is 0 Å². The highest BCUT2D eigenvalue weighted by Gasteiger charge is 2.23. The Morgan fingerprint density at radius 1 is 1.27 bits per heavy atom. The second-order valence-electron chi connectivity index (χ2n) is 8.07. The van der Waals surface area contributed by atoms with Crippen LogP contribution in [-0.2, 0) is 0 Å². The number of pyridine rings is 1. The minimum atomic E-state index is -0.263. The summed E-state index contributed by atoms with van der Waals surface area (Å²) in [5.74, 6) is 0.577. The average Bonchev–Trinajstić information content (AvgIpc) is 3.52. The molecule has 0 aliphatic carbocycles. The maximum absolute atomic E-state index is 9.58. The molecule has 5 heterocycles. The van der Waals surface area contributed by atoms with Crippen molar-refractivity contribution in [3.05, 3.63) is 45.8 Å². The third kappa shape index (κ3) is 4.31. The summed E-state index contributed by atoms with van der Waals surface area (Å²) in [5, 5.41) is 27.2. The monoisotopic (exact) mass is 484 g/mol. The molecule has 0 aromatic carbocycles. The van der Waals surface area contributed by atoms with Crippen molar-refractivity contribution in [2.45, 2.75) is 45.8 Å². The molecule has 0 bridgehead atoms. The van der Waals surface area contributed by atoms with Gasteiger partial charge >= 0.3 is 0 Å². The number of rotatable bonds is 5. The predicted molar refractivity (Wildman–Crippen MR) is 128 cm³/mol. The molecule has 1 aliphatic rings. The number of ether oxygens (including phenoxy) is 1. The maximum atomic E-state index is 9.58. The quantitative estimate of drug-likeness (QED) is 0.455. The fourth-order valence-corrected chi connectivity index (χ4v) is 4.95. The highest BCUT2D eigenvalue weighted by atomic mass is 35.5. The van der Waals surface area contributed by atoms with Gasteiger partial charge in [0.05, 0.1) is 17.9 Å². The number of nitriles is 1. The number of hydrogen-bond acceptors (Lipinski definition) is 8. The van der Waals surface area contributed by atoms with Crippen molar-refractivity contribution in [2.24, 2.45) is 0 Å². The molecule has 1 unspecified atom stereocenters. The zero-order valence-corrected chi connectivity index (χ0v) is 20.3. The summed E-state index contributed by atoms with van der Waals surface area (Å²) in [4.78, 5) is 5.57. The molecule has 1 atom stereocenters. The van der Waals surface area contributed by atoms with Crippen LogP contribution in [-0.4, -0.2) is 42.7 Å². The Balaban J connectivity index is 0.00000259. The number of thiazole rings is 1. The molecular formula is C22H25ClN8OS. The Labute approximate surface area is 201 Å². The molecule has 0 saturated carbocycles. The van der Waals surface area contributed by atoms with E-state index < -0.39 is 0 Å². The van der Waals surface area contributed by atoms with Crippen molar-refractivity contribution in [1.29, 1.82) is 5.26 Å². The van der Waals surface area contributed by atoms with Crippen LogP contribution in [0.1, 0.15) is 53.1 Å². The lowest BCUT2D eigenvalue weighted by Gasteiger charge is -2.23. The van der Waals surface area contributed by atoms with Gasteiger partial charge in [0.2, 0.25) is 0 Å². The molecule has 0 amide bonds. The lowest BCUT2D eigenvalue weighted by atomic mass is 10.1. The zero-order chi connectivity index (χ0) is 22.2. The van der Waals surface area contributed by atoms with Crippen LogP contribution in [0.15, 0.2) is 24.7 Å². The van der Waals surface area contributed by atoms with Gasteiger partial charge in [-0.15, -0.1) is 28.8 Å². The predicted octanol–water partition coefficient (Wildman–Crippen LogP) is 4.02. The van der Waals surface area contributed by atoms with Crippen LogP contribution in [0.4, 0.5) is 0 Å². The van der Waals surface area contributed by atoms with E-state index in [-0.39, 0.29) is 18.5 Å². The first-order valence-electron chi connectivity index (χ1n) is 10.7. The number of piperidine rings is 1. The Hall–Kier alpha value is -3.00. The maximum Gasteiger partial charge on any atom is 0.148 e. The van der Waals surface area contributed by atoms with E-state index in [1.165, 1.54) is 0 Å². The minimum absolute atomic E-state index is 0. The van der Waals surface area contributed by atoms with E-state index >= 15 is 0 Å². The van der Waals surface area contributed by atoms with E-state index in [1.807, 2.05) is 43.9 Å². The molecular weight excluding hydrogens is 460 g/mol. The van der Waals surface area contributed by atoms with Crippen LogP contribution in [0.3, 0.4) is 0 Å². The highest BCUT2D eigenvalue weighted by molar-refractivity contribution is 7.11. The lowest BCUT2D eigenvalue weighted by molar-refractivity contribution is 0.228. The summed E-state index contributed by atoms with van der Waals surface area (Å²) in [5.41, 5.74) is 3.75. The molecule has 1 aliphatic heterocycles. The van der Waals surface area contributed by atoms with Crippen LogP contribution < -0.4 is 10.1 Å². The van der Waals surface area contributed by atoms with Gasteiger partial charge < -0.3 is 10.1 Å². The SMILES string of the molecule is Cc1cnc(C(C)Oc2cc(-c3nnn(C4CCNCC4)c3C)cn3ncc(C#N)c23)s1.Cl. The van der Waals surface area contributed by atoms with E-state index in [0.29, 0.717) is 22.9 Å². The number of aromatic nitrogens is 6. The number of nitrogens with one attached hydrogen (secondary N) is 1. The number of hydrogen-bond donors (Lipinski definition) is 1. The van der Waals surface area contributed by atoms with Crippen LogP contribution in [0.2, 0.25) is 0 Å². The van der Waals surface area contributed by atoms with Crippen LogP contribution >= 0.6 is 23.7 Å². The topological polar surface area (TPSA) is 106 Å². The largest absolute Gasteiger partial charge is 0.481 e. The Morgan fingerprint density at radius 3 is 2.76 bits per heavy atom. The van der Waals surface area contributed by atoms with Crippen molar-refractivity contribution in [1.82, 2.24) is 34.9 Å². The fourth-order valence-electron chi connectivity index (χ4n) is 4.19. The lowest BCUT2D eigenvalue weighted by Crippen LogP contribution is -2.30. The molecule has 0 radical (unpaired) electrons. The first-order valence-corrected chi connectivity index (χ1v) is 11.5. The fraction of sp³-hybridized carbons (Fsp3) is 0.409. The zero-order valence-electron chi connectivity index (χ0n) is 18.6. The number of halogens is 1. The van der Waals surface area contributed by atoms with E-state index in [0.717, 1.165) is 52.8 Å². The third-order valence-corrected chi connectivity index (χ3v) is 6.92. The minimum Gasteiger partial charge on any atom is -0.481 e.